The lowest BCUT2D eigenvalue weighted by atomic mass is 10.1. The number of ketones is 1. The number of amides is 2. The van der Waals surface area contributed by atoms with Crippen LogP contribution >= 0.6 is 11.8 Å². The molecule has 8 heteroatoms. The Hall–Kier alpha value is -3.39. The molecular formula is C21H20N2O5S. The Bertz CT molecular complexity index is 954. The van der Waals surface area contributed by atoms with Gasteiger partial charge in [0, 0.05) is 34.0 Å². The monoisotopic (exact) mass is 412 g/mol. The van der Waals surface area contributed by atoms with E-state index >= 15 is 0 Å². The number of carboxylic acids is 1. The van der Waals surface area contributed by atoms with E-state index in [2.05, 4.69) is 10.6 Å². The molecule has 3 N–H and O–H groups in total. The van der Waals surface area contributed by atoms with Crippen LogP contribution in [-0.2, 0) is 14.4 Å². The van der Waals surface area contributed by atoms with Crippen molar-refractivity contribution < 1.29 is 24.3 Å². The number of benzene rings is 2. The van der Waals surface area contributed by atoms with E-state index in [1.165, 1.54) is 18.7 Å². The molecule has 29 heavy (non-hydrogen) atoms. The first-order chi connectivity index (χ1) is 13.7. The summed E-state index contributed by atoms with van der Waals surface area (Å²) in [6, 6.07) is 13.5. The molecule has 0 aliphatic heterocycles. The predicted molar refractivity (Wildman–Crippen MR) is 112 cm³/mol. The molecule has 0 bridgehead atoms. The Morgan fingerprint density at radius 3 is 2.28 bits per heavy atom. The third-order valence-electron chi connectivity index (χ3n) is 3.72. The van der Waals surface area contributed by atoms with E-state index < -0.39 is 17.1 Å². The summed E-state index contributed by atoms with van der Waals surface area (Å²) in [5, 5.41) is 13.5. The number of anilines is 2. The number of thioether (sulfide) groups is 1. The van der Waals surface area contributed by atoms with Crippen molar-refractivity contribution in [1.29, 1.82) is 0 Å². The van der Waals surface area contributed by atoms with Crippen molar-refractivity contribution in [3.63, 3.8) is 0 Å². The lowest BCUT2D eigenvalue weighted by molar-refractivity contribution is -0.131. The number of carboxylic acid groups (broad SMARTS) is 1. The second kappa shape index (κ2) is 10.2. The Morgan fingerprint density at radius 2 is 1.66 bits per heavy atom. The summed E-state index contributed by atoms with van der Waals surface area (Å²) in [6.07, 6.45) is 1.68. The fraction of sp³-hybridized carbons (Fsp3) is 0.143. The quantitative estimate of drug-likeness (QED) is 0.347. The van der Waals surface area contributed by atoms with Crippen LogP contribution in [0.3, 0.4) is 0 Å². The number of hydrogen-bond acceptors (Lipinski definition) is 5. The number of carbonyl (C=O) groups is 4. The zero-order valence-electron chi connectivity index (χ0n) is 15.8. The molecule has 1 unspecified atom stereocenters. The average molecular weight is 412 g/mol. The van der Waals surface area contributed by atoms with E-state index in [4.69, 9.17) is 5.11 Å². The summed E-state index contributed by atoms with van der Waals surface area (Å²) >= 11 is 1.31. The van der Waals surface area contributed by atoms with Gasteiger partial charge < -0.3 is 15.7 Å². The van der Waals surface area contributed by atoms with Gasteiger partial charge in [-0.2, -0.15) is 0 Å². The summed E-state index contributed by atoms with van der Waals surface area (Å²) in [7, 11) is 0. The molecule has 0 aliphatic carbocycles. The van der Waals surface area contributed by atoms with Crippen molar-refractivity contribution >= 4 is 46.7 Å². The van der Waals surface area contributed by atoms with Gasteiger partial charge in [0.1, 0.15) is 0 Å². The van der Waals surface area contributed by atoms with Crippen LogP contribution in [0.4, 0.5) is 11.4 Å². The molecule has 0 saturated heterocycles. The normalized spacial score (nSPS) is 11.7. The van der Waals surface area contributed by atoms with Gasteiger partial charge in [-0.3, -0.25) is 14.4 Å². The first-order valence-corrected chi connectivity index (χ1v) is 9.53. The third kappa shape index (κ3) is 7.27. The maximum Gasteiger partial charge on any atom is 0.328 e. The molecule has 2 aromatic rings. The molecule has 0 spiro atoms. The van der Waals surface area contributed by atoms with Gasteiger partial charge in [-0.15, -0.1) is 11.8 Å². The Balaban J connectivity index is 1.96. The van der Waals surface area contributed by atoms with Crippen LogP contribution in [0.5, 0.6) is 0 Å². The van der Waals surface area contributed by atoms with Crippen LogP contribution in [0.1, 0.15) is 24.2 Å². The van der Waals surface area contributed by atoms with E-state index in [1.54, 1.807) is 55.5 Å². The first-order valence-electron chi connectivity index (χ1n) is 8.65. The van der Waals surface area contributed by atoms with Crippen molar-refractivity contribution in [2.75, 3.05) is 10.6 Å². The lowest BCUT2D eigenvalue weighted by Gasteiger charge is -2.13. The molecule has 1 atom stereocenters. The highest BCUT2D eigenvalue weighted by Gasteiger charge is 2.15. The van der Waals surface area contributed by atoms with E-state index in [0.717, 1.165) is 17.0 Å². The van der Waals surface area contributed by atoms with Crippen molar-refractivity contribution in [2.45, 2.75) is 24.0 Å². The molecule has 0 heterocycles. The lowest BCUT2D eigenvalue weighted by Crippen LogP contribution is -2.22. The van der Waals surface area contributed by atoms with Crippen LogP contribution in [-0.4, -0.2) is 33.9 Å². The van der Waals surface area contributed by atoms with Gasteiger partial charge >= 0.3 is 5.97 Å². The Labute approximate surface area is 172 Å². The van der Waals surface area contributed by atoms with Gasteiger partial charge in [-0.25, -0.2) is 4.79 Å². The molecule has 0 radical (unpaired) electrons. The van der Waals surface area contributed by atoms with Gasteiger partial charge in [0.05, 0.1) is 5.25 Å². The minimum atomic E-state index is -1.21. The summed E-state index contributed by atoms with van der Waals surface area (Å²) in [5.74, 6) is -2.02. The fourth-order valence-corrected chi connectivity index (χ4v) is 3.19. The van der Waals surface area contributed by atoms with Crippen molar-refractivity contribution in [2.24, 2.45) is 0 Å². The van der Waals surface area contributed by atoms with Gasteiger partial charge in [0.25, 0.3) is 0 Å². The highest BCUT2D eigenvalue weighted by Crippen LogP contribution is 2.26. The maximum atomic E-state index is 12.4. The Morgan fingerprint density at radius 1 is 0.966 bits per heavy atom. The number of aliphatic carboxylic acids is 1. The zero-order chi connectivity index (χ0) is 21.4. The maximum absolute atomic E-state index is 12.4. The minimum absolute atomic E-state index is 0.0442. The molecule has 0 saturated carbocycles. The number of nitrogens with one attached hydrogen (secondary N) is 2. The fourth-order valence-electron chi connectivity index (χ4n) is 2.27. The number of Topliss-reactive ketones (excluding diaryl/α,β-unsaturated/α-hetero) is 1. The molecule has 0 aromatic heterocycles. The van der Waals surface area contributed by atoms with Crippen LogP contribution in [0.25, 0.3) is 0 Å². The summed E-state index contributed by atoms with van der Waals surface area (Å²) in [5.41, 5.74) is 1.66. The van der Waals surface area contributed by atoms with E-state index in [-0.39, 0.29) is 11.7 Å². The molecule has 0 aliphatic rings. The van der Waals surface area contributed by atoms with Crippen LogP contribution in [0.2, 0.25) is 0 Å². The second-order valence-electron chi connectivity index (χ2n) is 6.07. The van der Waals surface area contributed by atoms with Gasteiger partial charge in [-0.1, -0.05) is 6.07 Å². The second-order valence-corrected chi connectivity index (χ2v) is 7.49. The average Bonchev–Trinajstić information content (AvgIpc) is 2.67. The molecular weight excluding hydrogens is 392 g/mol. The number of hydrogen-bond donors (Lipinski definition) is 3. The van der Waals surface area contributed by atoms with Crippen LogP contribution in [0.15, 0.2) is 65.6 Å². The molecule has 0 fully saturated rings. The summed E-state index contributed by atoms with van der Waals surface area (Å²) in [4.78, 5) is 46.6. The zero-order valence-corrected chi connectivity index (χ0v) is 16.7. The smallest absolute Gasteiger partial charge is 0.328 e. The standard InChI is InChI=1S/C21H20N2O5S/c1-13(24)15-6-8-16(9-7-15)23-21(28)14(2)29-18-5-3-4-17(12-18)22-19(25)10-11-20(26)27/h3-12,14H,1-2H3,(H,22,25)(H,23,28)(H,26,27)/b11-10+. The largest absolute Gasteiger partial charge is 0.478 e. The van der Waals surface area contributed by atoms with E-state index in [9.17, 15) is 19.2 Å². The first kappa shape index (κ1) is 21.9. The number of rotatable bonds is 8. The summed E-state index contributed by atoms with van der Waals surface area (Å²) < 4.78 is 0. The van der Waals surface area contributed by atoms with Gasteiger partial charge in [0.15, 0.2) is 5.78 Å². The predicted octanol–water partition coefficient (Wildman–Crippen LogP) is 3.59. The highest BCUT2D eigenvalue weighted by molar-refractivity contribution is 8.00. The van der Waals surface area contributed by atoms with Crippen LogP contribution in [0, 0.1) is 0 Å². The molecule has 7 nitrogen and oxygen atoms in total. The van der Waals surface area contributed by atoms with Crippen molar-refractivity contribution in [3.8, 4) is 0 Å². The topological polar surface area (TPSA) is 113 Å². The van der Waals surface area contributed by atoms with Gasteiger partial charge in [0.2, 0.25) is 11.8 Å². The van der Waals surface area contributed by atoms with Crippen molar-refractivity contribution in [1.82, 2.24) is 0 Å². The van der Waals surface area contributed by atoms with Gasteiger partial charge in [-0.05, 0) is 56.3 Å². The van der Waals surface area contributed by atoms with Crippen molar-refractivity contribution in [3.05, 3.63) is 66.2 Å². The third-order valence-corrected chi connectivity index (χ3v) is 4.81. The van der Waals surface area contributed by atoms with E-state index in [1.807, 2.05) is 0 Å². The Kier molecular flexibility index (Phi) is 7.73. The highest BCUT2D eigenvalue weighted by atomic mass is 32.2. The van der Waals surface area contributed by atoms with Crippen LogP contribution < -0.4 is 10.6 Å². The summed E-state index contributed by atoms with van der Waals surface area (Å²) in [6.45, 7) is 3.23. The number of carbonyl (C=O) groups excluding carboxylic acids is 3. The molecule has 2 rings (SSSR count). The molecule has 2 amide bonds. The molecule has 2 aromatic carbocycles. The SMILES string of the molecule is CC(=O)c1ccc(NC(=O)C(C)Sc2cccc(NC(=O)/C=C/C(=O)O)c2)cc1. The minimum Gasteiger partial charge on any atom is -0.478 e. The van der Waals surface area contributed by atoms with E-state index in [0.29, 0.717) is 16.9 Å². The molecule has 150 valence electrons.